The standard InChI is InChI=1S/C10H11NO2/c1-3-7-4-5-8(11)6-9(7)10(12)13-2/h3-6H,1,11H2,2H3. The Morgan fingerprint density at radius 3 is 2.85 bits per heavy atom. The molecule has 0 unspecified atom stereocenters. The number of anilines is 1. The number of esters is 1. The van der Waals surface area contributed by atoms with Crippen molar-refractivity contribution in [1.82, 2.24) is 0 Å². The molecule has 0 aliphatic heterocycles. The maximum Gasteiger partial charge on any atom is 0.338 e. The predicted octanol–water partition coefficient (Wildman–Crippen LogP) is 1.70. The first-order valence-corrected chi connectivity index (χ1v) is 3.79. The van der Waals surface area contributed by atoms with Crippen molar-refractivity contribution in [2.45, 2.75) is 0 Å². The number of rotatable bonds is 2. The Kier molecular flexibility index (Phi) is 2.69. The first-order valence-electron chi connectivity index (χ1n) is 3.79. The topological polar surface area (TPSA) is 52.3 Å². The van der Waals surface area contributed by atoms with Crippen molar-refractivity contribution in [1.29, 1.82) is 0 Å². The van der Waals surface area contributed by atoms with E-state index in [4.69, 9.17) is 5.73 Å². The lowest BCUT2D eigenvalue weighted by Crippen LogP contribution is -2.04. The summed E-state index contributed by atoms with van der Waals surface area (Å²) in [5, 5.41) is 0. The van der Waals surface area contributed by atoms with Crippen LogP contribution in [-0.2, 0) is 4.74 Å². The van der Waals surface area contributed by atoms with Gasteiger partial charge in [-0.1, -0.05) is 18.7 Å². The molecular weight excluding hydrogens is 166 g/mol. The second kappa shape index (κ2) is 3.76. The molecule has 0 heterocycles. The first-order chi connectivity index (χ1) is 6.19. The summed E-state index contributed by atoms with van der Waals surface area (Å²) in [6.45, 7) is 3.59. The van der Waals surface area contributed by atoms with Crippen LogP contribution in [0.25, 0.3) is 6.08 Å². The van der Waals surface area contributed by atoms with E-state index in [1.54, 1.807) is 24.3 Å². The Morgan fingerprint density at radius 2 is 2.31 bits per heavy atom. The fraction of sp³-hybridized carbons (Fsp3) is 0.100. The van der Waals surface area contributed by atoms with Crippen molar-refractivity contribution in [3.8, 4) is 0 Å². The largest absolute Gasteiger partial charge is 0.465 e. The molecule has 13 heavy (non-hydrogen) atoms. The molecule has 2 N–H and O–H groups in total. The van der Waals surface area contributed by atoms with E-state index < -0.39 is 5.97 Å². The molecule has 0 atom stereocenters. The lowest BCUT2D eigenvalue weighted by atomic mass is 10.1. The molecule has 0 fully saturated rings. The highest BCUT2D eigenvalue weighted by Gasteiger charge is 2.09. The Bertz CT molecular complexity index is 345. The minimum absolute atomic E-state index is 0.401. The van der Waals surface area contributed by atoms with Crippen LogP contribution in [0.2, 0.25) is 0 Å². The molecule has 0 saturated carbocycles. The minimum atomic E-state index is -0.401. The third-order valence-corrected chi connectivity index (χ3v) is 1.70. The molecule has 0 radical (unpaired) electrons. The zero-order chi connectivity index (χ0) is 9.84. The van der Waals surface area contributed by atoms with Gasteiger partial charge >= 0.3 is 5.97 Å². The van der Waals surface area contributed by atoms with Crippen LogP contribution in [0.4, 0.5) is 5.69 Å². The van der Waals surface area contributed by atoms with Crippen molar-refractivity contribution in [2.24, 2.45) is 0 Å². The van der Waals surface area contributed by atoms with E-state index in [2.05, 4.69) is 11.3 Å². The molecule has 3 nitrogen and oxygen atoms in total. The number of nitrogens with two attached hydrogens (primary N) is 1. The van der Waals surface area contributed by atoms with Gasteiger partial charge in [-0.25, -0.2) is 4.79 Å². The van der Waals surface area contributed by atoms with Crippen molar-refractivity contribution in [3.63, 3.8) is 0 Å². The molecule has 0 saturated heterocycles. The lowest BCUT2D eigenvalue weighted by Gasteiger charge is -2.04. The van der Waals surface area contributed by atoms with Crippen LogP contribution in [0.3, 0.4) is 0 Å². The van der Waals surface area contributed by atoms with Gasteiger partial charge in [-0.3, -0.25) is 0 Å². The van der Waals surface area contributed by atoms with Gasteiger partial charge in [0.1, 0.15) is 0 Å². The van der Waals surface area contributed by atoms with Crippen LogP contribution in [0.1, 0.15) is 15.9 Å². The third kappa shape index (κ3) is 1.87. The molecule has 0 bridgehead atoms. The van der Waals surface area contributed by atoms with E-state index in [0.717, 1.165) is 5.56 Å². The normalized spacial score (nSPS) is 9.31. The van der Waals surface area contributed by atoms with Crippen molar-refractivity contribution >= 4 is 17.7 Å². The molecule has 0 amide bonds. The van der Waals surface area contributed by atoms with Crippen LogP contribution in [0.5, 0.6) is 0 Å². The first kappa shape index (κ1) is 9.32. The molecule has 0 aliphatic carbocycles. The molecule has 1 rings (SSSR count). The maximum atomic E-state index is 11.2. The highest BCUT2D eigenvalue weighted by molar-refractivity contribution is 5.94. The van der Waals surface area contributed by atoms with E-state index in [0.29, 0.717) is 11.3 Å². The SMILES string of the molecule is C=Cc1ccc(N)cc1C(=O)OC. The van der Waals surface area contributed by atoms with Gasteiger partial charge in [0.25, 0.3) is 0 Å². The minimum Gasteiger partial charge on any atom is -0.465 e. The van der Waals surface area contributed by atoms with Gasteiger partial charge in [-0.05, 0) is 17.7 Å². The number of carbonyl (C=O) groups excluding carboxylic acids is 1. The molecular formula is C10H11NO2. The summed E-state index contributed by atoms with van der Waals surface area (Å²) in [5.41, 5.74) is 7.23. The summed E-state index contributed by atoms with van der Waals surface area (Å²) >= 11 is 0. The zero-order valence-corrected chi connectivity index (χ0v) is 7.41. The van der Waals surface area contributed by atoms with Crippen molar-refractivity contribution in [2.75, 3.05) is 12.8 Å². The lowest BCUT2D eigenvalue weighted by molar-refractivity contribution is 0.0600. The van der Waals surface area contributed by atoms with Gasteiger partial charge < -0.3 is 10.5 Å². The summed E-state index contributed by atoms with van der Waals surface area (Å²) in [7, 11) is 1.33. The summed E-state index contributed by atoms with van der Waals surface area (Å²) < 4.78 is 4.59. The number of hydrogen-bond donors (Lipinski definition) is 1. The fourth-order valence-corrected chi connectivity index (χ4v) is 1.04. The van der Waals surface area contributed by atoms with Gasteiger partial charge in [-0.2, -0.15) is 0 Å². The summed E-state index contributed by atoms with van der Waals surface area (Å²) in [4.78, 5) is 11.2. The van der Waals surface area contributed by atoms with Gasteiger partial charge in [-0.15, -0.1) is 0 Å². The fourth-order valence-electron chi connectivity index (χ4n) is 1.04. The number of hydrogen-bond acceptors (Lipinski definition) is 3. The maximum absolute atomic E-state index is 11.2. The van der Waals surface area contributed by atoms with Gasteiger partial charge in [0, 0.05) is 5.69 Å². The van der Waals surface area contributed by atoms with Gasteiger partial charge in [0.2, 0.25) is 0 Å². The van der Waals surface area contributed by atoms with E-state index in [9.17, 15) is 4.79 Å². The van der Waals surface area contributed by atoms with E-state index in [1.165, 1.54) is 7.11 Å². The third-order valence-electron chi connectivity index (χ3n) is 1.70. The van der Waals surface area contributed by atoms with Gasteiger partial charge in [0.15, 0.2) is 0 Å². The second-order valence-corrected chi connectivity index (χ2v) is 2.54. The summed E-state index contributed by atoms with van der Waals surface area (Å²) in [6.07, 6.45) is 1.59. The number of carbonyl (C=O) groups is 1. The van der Waals surface area contributed by atoms with Crippen LogP contribution < -0.4 is 5.73 Å². The molecule has 1 aromatic rings. The summed E-state index contributed by atoms with van der Waals surface area (Å²) in [5.74, 6) is -0.401. The van der Waals surface area contributed by atoms with Crippen LogP contribution in [0, 0.1) is 0 Å². The molecule has 3 heteroatoms. The average Bonchev–Trinajstić information content (AvgIpc) is 2.16. The molecule has 0 aromatic heterocycles. The van der Waals surface area contributed by atoms with Gasteiger partial charge in [0.05, 0.1) is 12.7 Å². The molecule has 0 spiro atoms. The Hall–Kier alpha value is -1.77. The van der Waals surface area contributed by atoms with E-state index in [-0.39, 0.29) is 0 Å². The highest BCUT2D eigenvalue weighted by Crippen LogP contribution is 2.15. The molecule has 0 aliphatic rings. The number of ether oxygens (including phenoxy) is 1. The second-order valence-electron chi connectivity index (χ2n) is 2.54. The quantitative estimate of drug-likeness (QED) is 0.552. The summed E-state index contributed by atoms with van der Waals surface area (Å²) in [6, 6.07) is 5.01. The monoisotopic (exact) mass is 177 g/mol. The van der Waals surface area contributed by atoms with Crippen LogP contribution in [0.15, 0.2) is 24.8 Å². The number of benzene rings is 1. The predicted molar refractivity (Wildman–Crippen MR) is 52.3 cm³/mol. The smallest absolute Gasteiger partial charge is 0.338 e. The van der Waals surface area contributed by atoms with Crippen LogP contribution in [-0.4, -0.2) is 13.1 Å². The molecule has 68 valence electrons. The van der Waals surface area contributed by atoms with E-state index in [1.807, 2.05) is 0 Å². The van der Waals surface area contributed by atoms with Crippen molar-refractivity contribution < 1.29 is 9.53 Å². The Morgan fingerprint density at radius 1 is 1.62 bits per heavy atom. The number of nitrogen functional groups attached to an aromatic ring is 1. The highest BCUT2D eigenvalue weighted by atomic mass is 16.5. The zero-order valence-electron chi connectivity index (χ0n) is 7.41. The van der Waals surface area contributed by atoms with E-state index >= 15 is 0 Å². The van der Waals surface area contributed by atoms with Crippen LogP contribution >= 0.6 is 0 Å². The average molecular weight is 177 g/mol. The number of methoxy groups -OCH3 is 1. The Labute approximate surface area is 76.8 Å². The van der Waals surface area contributed by atoms with Crippen molar-refractivity contribution in [3.05, 3.63) is 35.9 Å². The molecule has 1 aromatic carbocycles. The Balaban J connectivity index is 3.23.